The Morgan fingerprint density at radius 1 is 1.59 bits per heavy atom. The Morgan fingerprint density at radius 3 is 2.94 bits per heavy atom. The predicted molar refractivity (Wildman–Crippen MR) is 61.7 cm³/mol. The molecular formula is C11H12ClFN2O2. The molecule has 0 aromatic heterocycles. The largest absolute Gasteiger partial charge is 0.484 e. The fraction of sp³-hybridized carbons (Fsp3) is 0.364. The summed E-state index contributed by atoms with van der Waals surface area (Å²) in [5.41, 5.74) is 0. The van der Waals surface area contributed by atoms with Crippen LogP contribution >= 0.6 is 11.6 Å². The molecule has 1 aliphatic rings. The molecule has 0 unspecified atom stereocenters. The van der Waals surface area contributed by atoms with E-state index < -0.39 is 5.82 Å². The minimum atomic E-state index is -0.562. The molecule has 2 rings (SSSR count). The molecule has 1 fully saturated rings. The highest BCUT2D eigenvalue weighted by Crippen LogP contribution is 2.20. The van der Waals surface area contributed by atoms with Crippen LogP contribution in [0.5, 0.6) is 5.75 Å². The lowest BCUT2D eigenvalue weighted by Crippen LogP contribution is -2.57. The fourth-order valence-electron chi connectivity index (χ4n) is 1.38. The van der Waals surface area contributed by atoms with E-state index >= 15 is 0 Å². The molecule has 92 valence electrons. The van der Waals surface area contributed by atoms with Crippen molar-refractivity contribution in [2.75, 3.05) is 19.7 Å². The van der Waals surface area contributed by atoms with Gasteiger partial charge in [-0.15, -0.1) is 0 Å². The van der Waals surface area contributed by atoms with Crippen molar-refractivity contribution in [3.8, 4) is 5.75 Å². The van der Waals surface area contributed by atoms with Gasteiger partial charge in [0.05, 0.1) is 11.1 Å². The Balaban J connectivity index is 1.80. The molecule has 4 nitrogen and oxygen atoms in total. The molecule has 17 heavy (non-hydrogen) atoms. The van der Waals surface area contributed by atoms with Crippen LogP contribution < -0.4 is 15.4 Å². The highest BCUT2D eigenvalue weighted by molar-refractivity contribution is 6.30. The molecule has 6 heteroatoms. The maximum absolute atomic E-state index is 13.1. The van der Waals surface area contributed by atoms with E-state index in [1.54, 1.807) is 0 Å². The molecule has 1 aliphatic heterocycles. The molecule has 1 saturated heterocycles. The Bertz CT molecular complexity index is 424. The monoisotopic (exact) mass is 258 g/mol. The van der Waals surface area contributed by atoms with E-state index in [0.717, 1.165) is 19.2 Å². The summed E-state index contributed by atoms with van der Waals surface area (Å²) in [6, 6.07) is 4.23. The van der Waals surface area contributed by atoms with Crippen molar-refractivity contribution in [3.63, 3.8) is 0 Å². The number of ether oxygens (including phenoxy) is 1. The first-order valence-corrected chi connectivity index (χ1v) is 5.61. The third-order valence-electron chi connectivity index (χ3n) is 2.41. The van der Waals surface area contributed by atoms with Gasteiger partial charge in [0.2, 0.25) is 0 Å². The molecule has 1 aromatic carbocycles. The van der Waals surface area contributed by atoms with Crippen molar-refractivity contribution >= 4 is 17.5 Å². The Hall–Kier alpha value is -1.33. The Kier molecular flexibility index (Phi) is 3.81. The van der Waals surface area contributed by atoms with Gasteiger partial charge in [0.15, 0.2) is 6.61 Å². The Labute approximate surface area is 103 Å². The lowest BCUT2D eigenvalue weighted by molar-refractivity contribution is -0.124. The summed E-state index contributed by atoms with van der Waals surface area (Å²) in [6.07, 6.45) is 0. The van der Waals surface area contributed by atoms with Crippen molar-refractivity contribution < 1.29 is 13.9 Å². The summed E-state index contributed by atoms with van der Waals surface area (Å²) in [6.45, 7) is 1.43. The normalized spacial score (nSPS) is 15.2. The molecule has 2 N–H and O–H groups in total. The molecule has 0 radical (unpaired) electrons. The van der Waals surface area contributed by atoms with Crippen molar-refractivity contribution in [2.45, 2.75) is 6.04 Å². The van der Waals surface area contributed by atoms with E-state index in [1.165, 1.54) is 12.1 Å². The summed E-state index contributed by atoms with van der Waals surface area (Å²) < 4.78 is 18.2. The van der Waals surface area contributed by atoms with Crippen LogP contribution in [-0.2, 0) is 4.79 Å². The SMILES string of the molecule is O=C(COc1ccc(Cl)c(F)c1)NC1CNC1. The molecule has 1 heterocycles. The van der Waals surface area contributed by atoms with E-state index in [9.17, 15) is 9.18 Å². The second-order valence-corrected chi connectivity index (χ2v) is 4.19. The number of hydrogen-bond acceptors (Lipinski definition) is 3. The summed E-state index contributed by atoms with van der Waals surface area (Å²) in [5, 5.41) is 5.83. The summed E-state index contributed by atoms with van der Waals surface area (Å²) >= 11 is 5.52. The zero-order valence-corrected chi connectivity index (χ0v) is 9.76. The van der Waals surface area contributed by atoms with Gasteiger partial charge in [-0.1, -0.05) is 11.6 Å². The van der Waals surface area contributed by atoms with Crippen molar-refractivity contribution in [3.05, 3.63) is 29.0 Å². The van der Waals surface area contributed by atoms with Crippen LogP contribution in [0.4, 0.5) is 4.39 Å². The first-order valence-electron chi connectivity index (χ1n) is 5.23. The summed E-state index contributed by atoms with van der Waals surface area (Å²) in [5.74, 6) is -0.492. The van der Waals surface area contributed by atoms with Crippen LogP contribution in [0.1, 0.15) is 0 Å². The van der Waals surface area contributed by atoms with Gasteiger partial charge in [-0.2, -0.15) is 0 Å². The molecule has 0 aliphatic carbocycles. The van der Waals surface area contributed by atoms with Crippen molar-refractivity contribution in [1.29, 1.82) is 0 Å². The smallest absolute Gasteiger partial charge is 0.258 e. The fourth-order valence-corrected chi connectivity index (χ4v) is 1.49. The zero-order valence-electron chi connectivity index (χ0n) is 9.00. The number of carbonyl (C=O) groups excluding carboxylic acids is 1. The van der Waals surface area contributed by atoms with Crippen molar-refractivity contribution in [2.24, 2.45) is 0 Å². The lowest BCUT2D eigenvalue weighted by Gasteiger charge is -2.27. The molecule has 0 saturated carbocycles. The first kappa shape index (κ1) is 12.1. The van der Waals surface area contributed by atoms with Gasteiger partial charge < -0.3 is 15.4 Å². The first-order chi connectivity index (χ1) is 8.15. The van der Waals surface area contributed by atoms with Gasteiger partial charge >= 0.3 is 0 Å². The number of halogens is 2. The quantitative estimate of drug-likeness (QED) is 0.845. The zero-order chi connectivity index (χ0) is 12.3. The minimum absolute atomic E-state index is 0.0299. The van der Waals surface area contributed by atoms with E-state index in [1.807, 2.05) is 0 Å². The van der Waals surface area contributed by atoms with E-state index in [-0.39, 0.29) is 29.3 Å². The molecule has 0 atom stereocenters. The number of nitrogens with one attached hydrogen (secondary N) is 2. The number of rotatable bonds is 4. The van der Waals surface area contributed by atoms with Gasteiger partial charge in [0.1, 0.15) is 11.6 Å². The average molecular weight is 259 g/mol. The number of amides is 1. The van der Waals surface area contributed by atoms with Gasteiger partial charge in [0.25, 0.3) is 5.91 Å². The van der Waals surface area contributed by atoms with Crippen LogP contribution in [-0.4, -0.2) is 31.6 Å². The van der Waals surface area contributed by atoms with Gasteiger partial charge in [-0.05, 0) is 12.1 Å². The number of hydrogen-bond donors (Lipinski definition) is 2. The van der Waals surface area contributed by atoms with Gasteiger partial charge in [-0.3, -0.25) is 4.79 Å². The maximum atomic E-state index is 13.1. The second kappa shape index (κ2) is 5.33. The summed E-state index contributed by atoms with van der Waals surface area (Å²) in [7, 11) is 0. The summed E-state index contributed by atoms with van der Waals surface area (Å²) in [4.78, 5) is 11.4. The maximum Gasteiger partial charge on any atom is 0.258 e. The van der Waals surface area contributed by atoms with E-state index in [0.29, 0.717) is 0 Å². The van der Waals surface area contributed by atoms with E-state index in [4.69, 9.17) is 16.3 Å². The standard InChI is InChI=1S/C11H12ClFN2O2/c12-9-2-1-8(3-10(9)13)17-6-11(16)15-7-4-14-5-7/h1-3,7,14H,4-6H2,(H,15,16). The second-order valence-electron chi connectivity index (χ2n) is 3.79. The van der Waals surface area contributed by atoms with Crippen LogP contribution in [0.15, 0.2) is 18.2 Å². The van der Waals surface area contributed by atoms with Crippen LogP contribution in [0.25, 0.3) is 0 Å². The number of benzene rings is 1. The average Bonchev–Trinajstić information content (AvgIpc) is 2.25. The third-order valence-corrected chi connectivity index (χ3v) is 2.71. The third kappa shape index (κ3) is 3.31. The van der Waals surface area contributed by atoms with Crippen LogP contribution in [0, 0.1) is 5.82 Å². The number of carbonyl (C=O) groups is 1. The lowest BCUT2D eigenvalue weighted by atomic mass is 10.2. The topological polar surface area (TPSA) is 50.4 Å². The van der Waals surface area contributed by atoms with Crippen molar-refractivity contribution in [1.82, 2.24) is 10.6 Å². The minimum Gasteiger partial charge on any atom is -0.484 e. The molecular weight excluding hydrogens is 247 g/mol. The molecule has 1 amide bonds. The van der Waals surface area contributed by atoms with E-state index in [2.05, 4.69) is 10.6 Å². The highest BCUT2D eigenvalue weighted by Gasteiger charge is 2.18. The van der Waals surface area contributed by atoms with Crippen LogP contribution in [0.3, 0.4) is 0 Å². The van der Waals surface area contributed by atoms with Gasteiger partial charge in [0, 0.05) is 19.2 Å². The molecule has 1 aromatic rings. The van der Waals surface area contributed by atoms with Gasteiger partial charge in [-0.25, -0.2) is 4.39 Å². The predicted octanol–water partition coefficient (Wildman–Crippen LogP) is 0.946. The van der Waals surface area contributed by atoms with Crippen LogP contribution in [0.2, 0.25) is 5.02 Å². The molecule has 0 bridgehead atoms. The highest BCUT2D eigenvalue weighted by atomic mass is 35.5. The Morgan fingerprint density at radius 2 is 2.35 bits per heavy atom. The molecule has 0 spiro atoms.